The number of hydrazone groups is 1. The summed E-state index contributed by atoms with van der Waals surface area (Å²) in [6.45, 7) is 1.43. The maximum atomic E-state index is 12.4. The lowest BCUT2D eigenvalue weighted by Gasteiger charge is -2.24. The molecule has 0 saturated carbocycles. The molecule has 1 amide bonds. The van der Waals surface area contributed by atoms with Gasteiger partial charge in [0.25, 0.3) is 0 Å². The molecule has 8 nitrogen and oxygen atoms in total. The number of nitrogens with zero attached hydrogens (tertiary/aromatic N) is 4. The smallest absolute Gasteiger partial charge is 0.223 e. The van der Waals surface area contributed by atoms with Crippen molar-refractivity contribution in [1.29, 1.82) is 0 Å². The second-order valence-corrected chi connectivity index (χ2v) is 8.09. The lowest BCUT2D eigenvalue weighted by molar-refractivity contribution is -0.189. The van der Waals surface area contributed by atoms with Gasteiger partial charge in [-0.1, -0.05) is 24.3 Å². The first kappa shape index (κ1) is 20.3. The second kappa shape index (κ2) is 8.84. The van der Waals surface area contributed by atoms with Crippen LogP contribution in [0.2, 0.25) is 0 Å². The summed E-state index contributed by atoms with van der Waals surface area (Å²) in [5.41, 5.74) is 2.50. The number of aromatic hydroxyl groups is 1. The van der Waals surface area contributed by atoms with Crippen molar-refractivity contribution >= 4 is 11.6 Å². The number of hydrogen-bond acceptors (Lipinski definition) is 7. The molecule has 2 atom stereocenters. The van der Waals surface area contributed by atoms with Crippen LogP contribution in [0, 0.1) is 5.92 Å². The molecule has 4 heterocycles. The highest BCUT2D eigenvalue weighted by Crippen LogP contribution is 2.37. The van der Waals surface area contributed by atoms with E-state index in [0.717, 1.165) is 22.6 Å². The number of carbonyl (C=O) groups is 1. The molecule has 5 rings (SSSR count). The number of pyridine rings is 1. The molecule has 2 unspecified atom stereocenters. The van der Waals surface area contributed by atoms with Crippen LogP contribution in [-0.4, -0.2) is 44.9 Å². The van der Waals surface area contributed by atoms with E-state index in [1.165, 1.54) is 0 Å². The van der Waals surface area contributed by atoms with Gasteiger partial charge in [0.05, 0.1) is 25.1 Å². The summed E-state index contributed by atoms with van der Waals surface area (Å²) in [5.74, 6) is 1.12. The highest BCUT2D eigenvalue weighted by molar-refractivity contribution is 6.01. The zero-order valence-corrected chi connectivity index (χ0v) is 17.5. The molecule has 1 aromatic carbocycles. The van der Waals surface area contributed by atoms with E-state index in [-0.39, 0.29) is 23.6 Å². The standard InChI is InChI=1S/C24H24N4O4/c29-23-8-2-1-7-20(23)22-12-21(18-5-3-9-25-13-18)26-28(22)32-16-17-11-24(30)27(14-17)15-19-6-4-10-31-19/h1-10,13,17,22,29H,11-12,14-16H2. The Labute approximate surface area is 185 Å². The van der Waals surface area contributed by atoms with Crippen LogP contribution in [0.5, 0.6) is 5.75 Å². The van der Waals surface area contributed by atoms with Gasteiger partial charge in [-0.15, -0.1) is 0 Å². The fourth-order valence-electron chi connectivity index (χ4n) is 4.21. The minimum atomic E-state index is -0.261. The van der Waals surface area contributed by atoms with Crippen molar-refractivity contribution in [1.82, 2.24) is 15.1 Å². The van der Waals surface area contributed by atoms with E-state index in [1.54, 1.807) is 40.9 Å². The lowest BCUT2D eigenvalue weighted by Crippen LogP contribution is -2.26. The van der Waals surface area contributed by atoms with Gasteiger partial charge >= 0.3 is 0 Å². The molecular formula is C24H24N4O4. The summed E-state index contributed by atoms with van der Waals surface area (Å²) in [6.07, 6.45) is 6.11. The first-order chi connectivity index (χ1) is 15.7. The Morgan fingerprint density at radius 3 is 2.81 bits per heavy atom. The number of amides is 1. The maximum absolute atomic E-state index is 12.4. The number of hydrogen-bond donors (Lipinski definition) is 1. The molecule has 1 N–H and O–H groups in total. The van der Waals surface area contributed by atoms with E-state index >= 15 is 0 Å². The predicted molar refractivity (Wildman–Crippen MR) is 116 cm³/mol. The van der Waals surface area contributed by atoms with E-state index < -0.39 is 0 Å². The van der Waals surface area contributed by atoms with Crippen molar-refractivity contribution in [2.75, 3.05) is 13.2 Å². The van der Waals surface area contributed by atoms with Crippen LogP contribution in [0.25, 0.3) is 0 Å². The van der Waals surface area contributed by atoms with Crippen LogP contribution in [-0.2, 0) is 16.2 Å². The van der Waals surface area contributed by atoms with E-state index in [4.69, 9.17) is 9.25 Å². The number of aromatic nitrogens is 1. The first-order valence-electron chi connectivity index (χ1n) is 10.7. The number of phenolic OH excluding ortho intramolecular Hbond substituents is 1. The van der Waals surface area contributed by atoms with Gasteiger partial charge in [0, 0.05) is 48.8 Å². The van der Waals surface area contributed by atoms with Crippen LogP contribution >= 0.6 is 0 Å². The molecule has 8 heteroatoms. The number of benzene rings is 1. The molecule has 0 aliphatic carbocycles. The van der Waals surface area contributed by atoms with Gasteiger partial charge in [-0.3, -0.25) is 14.6 Å². The molecule has 2 aliphatic heterocycles. The zero-order chi connectivity index (χ0) is 21.9. The van der Waals surface area contributed by atoms with Crippen LogP contribution in [0.4, 0.5) is 0 Å². The summed E-state index contributed by atoms with van der Waals surface area (Å²) in [5, 5.41) is 16.7. The summed E-state index contributed by atoms with van der Waals surface area (Å²) in [6, 6.07) is 14.5. The Bertz CT molecular complexity index is 1100. The van der Waals surface area contributed by atoms with Gasteiger partial charge in [0.2, 0.25) is 5.91 Å². The third-order valence-electron chi connectivity index (χ3n) is 5.83. The molecule has 2 aliphatic rings. The molecule has 3 aromatic rings. The van der Waals surface area contributed by atoms with Crippen LogP contribution in [0.3, 0.4) is 0 Å². The first-order valence-corrected chi connectivity index (χ1v) is 10.7. The van der Waals surface area contributed by atoms with Gasteiger partial charge < -0.3 is 14.4 Å². The molecule has 32 heavy (non-hydrogen) atoms. The molecule has 164 valence electrons. The number of hydroxylamine groups is 1. The van der Waals surface area contributed by atoms with E-state index in [9.17, 15) is 9.90 Å². The minimum Gasteiger partial charge on any atom is -0.508 e. The number of likely N-dealkylation sites (tertiary alicyclic amines) is 1. The van der Waals surface area contributed by atoms with Gasteiger partial charge in [0.1, 0.15) is 17.6 Å². The Balaban J connectivity index is 1.29. The molecule has 0 bridgehead atoms. The molecular weight excluding hydrogens is 408 g/mol. The van der Waals surface area contributed by atoms with E-state index in [2.05, 4.69) is 10.1 Å². The summed E-state index contributed by atoms with van der Waals surface area (Å²) in [7, 11) is 0. The highest BCUT2D eigenvalue weighted by Gasteiger charge is 2.35. The van der Waals surface area contributed by atoms with Crippen LogP contribution < -0.4 is 0 Å². The highest BCUT2D eigenvalue weighted by atomic mass is 16.7. The molecule has 2 aromatic heterocycles. The largest absolute Gasteiger partial charge is 0.508 e. The molecule has 0 spiro atoms. The third-order valence-corrected chi connectivity index (χ3v) is 5.83. The van der Waals surface area contributed by atoms with Gasteiger partial charge in [0.15, 0.2) is 0 Å². The Morgan fingerprint density at radius 1 is 1.12 bits per heavy atom. The quantitative estimate of drug-likeness (QED) is 0.614. The second-order valence-electron chi connectivity index (χ2n) is 8.09. The molecule has 1 fully saturated rings. The van der Waals surface area contributed by atoms with Crippen molar-refractivity contribution < 1.29 is 19.2 Å². The average Bonchev–Trinajstić information content (AvgIpc) is 3.55. The zero-order valence-electron chi connectivity index (χ0n) is 17.5. The third kappa shape index (κ3) is 4.22. The molecule has 0 radical (unpaired) electrons. The minimum absolute atomic E-state index is 0.0557. The average molecular weight is 432 g/mol. The normalized spacial score (nSPS) is 20.8. The van der Waals surface area contributed by atoms with Crippen molar-refractivity contribution in [2.45, 2.75) is 25.4 Å². The van der Waals surface area contributed by atoms with Crippen molar-refractivity contribution in [2.24, 2.45) is 11.0 Å². The van der Waals surface area contributed by atoms with Crippen LogP contribution in [0.15, 0.2) is 76.7 Å². The van der Waals surface area contributed by atoms with Crippen molar-refractivity contribution in [3.63, 3.8) is 0 Å². The van der Waals surface area contributed by atoms with E-state index in [1.807, 2.05) is 36.4 Å². The fraction of sp³-hybridized carbons (Fsp3) is 0.292. The topological polar surface area (TPSA) is 91.4 Å². The Kier molecular flexibility index (Phi) is 5.60. The molecule has 1 saturated heterocycles. The van der Waals surface area contributed by atoms with Gasteiger partial charge in [-0.25, -0.2) is 0 Å². The van der Waals surface area contributed by atoms with Gasteiger partial charge in [-0.2, -0.15) is 10.3 Å². The number of phenols is 1. The van der Waals surface area contributed by atoms with Crippen molar-refractivity contribution in [3.05, 3.63) is 84.1 Å². The van der Waals surface area contributed by atoms with Gasteiger partial charge in [-0.05, 0) is 24.3 Å². The lowest BCUT2D eigenvalue weighted by atomic mass is 9.99. The number of rotatable bonds is 7. The number of furan rings is 1. The maximum Gasteiger partial charge on any atom is 0.223 e. The summed E-state index contributed by atoms with van der Waals surface area (Å²) in [4.78, 5) is 24.5. The SMILES string of the molecule is O=C1CC(CON2N=C(c3cccnc3)CC2c2ccccc2O)CN1Cc1ccco1. The predicted octanol–water partition coefficient (Wildman–Crippen LogP) is 3.51. The fourth-order valence-corrected chi connectivity index (χ4v) is 4.21. The Hall–Kier alpha value is -3.65. The Morgan fingerprint density at radius 2 is 2.03 bits per heavy atom. The van der Waals surface area contributed by atoms with E-state index in [0.29, 0.717) is 32.5 Å². The number of para-hydroxylation sites is 1. The summed E-state index contributed by atoms with van der Waals surface area (Å²) >= 11 is 0. The monoisotopic (exact) mass is 432 g/mol. The number of carbonyl (C=O) groups excluding carboxylic acids is 1. The summed E-state index contributed by atoms with van der Waals surface area (Å²) < 4.78 is 5.37. The van der Waals surface area contributed by atoms with Crippen molar-refractivity contribution in [3.8, 4) is 5.75 Å². The van der Waals surface area contributed by atoms with Crippen LogP contribution in [0.1, 0.15) is 35.8 Å².